The van der Waals surface area contributed by atoms with Gasteiger partial charge in [0, 0.05) is 18.1 Å². The molecule has 6 nitrogen and oxygen atoms in total. The minimum Gasteiger partial charge on any atom is -0.452 e. The Hall–Kier alpha value is -4.06. The van der Waals surface area contributed by atoms with Crippen LogP contribution in [-0.2, 0) is 16.1 Å². The fraction of sp³-hybridized carbons (Fsp3) is 0.120. The Morgan fingerprint density at radius 1 is 0.871 bits per heavy atom. The standard InChI is InChI=1S/C25H21N3O3/c1-18-6-5-9-21(14-18)28(16-19-7-3-2-4-8-19)24(29)17-31-25(30)20-10-11-22-23(15-20)27-13-12-26-22/h2-15H,16-17H2,1H3. The molecule has 0 atom stereocenters. The highest BCUT2D eigenvalue weighted by Gasteiger charge is 2.19. The Labute approximate surface area is 180 Å². The lowest BCUT2D eigenvalue weighted by molar-refractivity contribution is -0.121. The summed E-state index contributed by atoms with van der Waals surface area (Å²) in [5.41, 5.74) is 4.38. The Bertz CT molecular complexity index is 1220. The molecular weight excluding hydrogens is 390 g/mol. The van der Waals surface area contributed by atoms with Gasteiger partial charge in [0.1, 0.15) is 0 Å². The Kier molecular flexibility index (Phi) is 5.98. The number of carbonyl (C=O) groups is 2. The third-order valence-corrected chi connectivity index (χ3v) is 4.83. The van der Waals surface area contributed by atoms with Gasteiger partial charge in [-0.05, 0) is 48.4 Å². The third-order valence-electron chi connectivity index (χ3n) is 4.83. The quantitative estimate of drug-likeness (QED) is 0.442. The number of benzene rings is 3. The van der Waals surface area contributed by atoms with Crippen molar-refractivity contribution in [3.05, 3.63) is 102 Å². The van der Waals surface area contributed by atoms with Gasteiger partial charge in [0.15, 0.2) is 6.61 Å². The van der Waals surface area contributed by atoms with Crippen LogP contribution in [0, 0.1) is 6.92 Å². The molecule has 0 unspecified atom stereocenters. The summed E-state index contributed by atoms with van der Waals surface area (Å²) in [6.45, 7) is 1.99. The zero-order chi connectivity index (χ0) is 21.6. The summed E-state index contributed by atoms with van der Waals surface area (Å²) in [7, 11) is 0. The van der Waals surface area contributed by atoms with Crippen LogP contribution in [0.4, 0.5) is 5.69 Å². The molecular formula is C25H21N3O3. The van der Waals surface area contributed by atoms with Crippen LogP contribution in [0.3, 0.4) is 0 Å². The minimum atomic E-state index is -0.579. The molecule has 0 N–H and O–H groups in total. The first kappa shape index (κ1) is 20.2. The number of hydrogen-bond acceptors (Lipinski definition) is 5. The van der Waals surface area contributed by atoms with Crippen molar-refractivity contribution < 1.29 is 14.3 Å². The molecule has 3 aromatic carbocycles. The summed E-state index contributed by atoms with van der Waals surface area (Å²) < 4.78 is 5.33. The minimum absolute atomic E-state index is 0.302. The average molecular weight is 411 g/mol. The maximum atomic E-state index is 13.0. The number of hydrogen-bond donors (Lipinski definition) is 0. The average Bonchev–Trinajstić information content (AvgIpc) is 2.81. The molecule has 0 fully saturated rings. The molecule has 4 rings (SSSR count). The molecule has 0 aliphatic heterocycles. The molecule has 4 aromatic rings. The molecule has 6 heteroatoms. The molecule has 154 valence electrons. The van der Waals surface area contributed by atoms with E-state index in [2.05, 4.69) is 9.97 Å². The van der Waals surface area contributed by atoms with Crippen molar-refractivity contribution in [1.29, 1.82) is 0 Å². The normalized spacial score (nSPS) is 10.6. The smallest absolute Gasteiger partial charge is 0.338 e. The van der Waals surface area contributed by atoms with Crippen molar-refractivity contribution in [3.63, 3.8) is 0 Å². The number of aryl methyl sites for hydroxylation is 1. The van der Waals surface area contributed by atoms with E-state index >= 15 is 0 Å². The first-order chi connectivity index (χ1) is 15.1. The molecule has 0 radical (unpaired) electrons. The van der Waals surface area contributed by atoms with Gasteiger partial charge < -0.3 is 9.64 Å². The van der Waals surface area contributed by atoms with Crippen molar-refractivity contribution in [2.24, 2.45) is 0 Å². The van der Waals surface area contributed by atoms with E-state index in [1.54, 1.807) is 35.5 Å². The number of fused-ring (bicyclic) bond motifs is 1. The molecule has 0 saturated carbocycles. The van der Waals surface area contributed by atoms with E-state index < -0.39 is 5.97 Å². The molecule has 31 heavy (non-hydrogen) atoms. The Morgan fingerprint density at radius 3 is 2.42 bits per heavy atom. The van der Waals surface area contributed by atoms with Crippen LogP contribution >= 0.6 is 0 Å². The lowest BCUT2D eigenvalue weighted by Gasteiger charge is -2.23. The number of esters is 1. The van der Waals surface area contributed by atoms with Gasteiger partial charge in [0.25, 0.3) is 5.91 Å². The molecule has 1 heterocycles. The van der Waals surface area contributed by atoms with Crippen LogP contribution in [0.15, 0.2) is 85.2 Å². The van der Waals surface area contributed by atoms with Crippen molar-refractivity contribution in [1.82, 2.24) is 9.97 Å². The second-order valence-corrected chi connectivity index (χ2v) is 7.14. The van der Waals surface area contributed by atoms with Crippen molar-refractivity contribution in [2.45, 2.75) is 13.5 Å². The summed E-state index contributed by atoms with van der Waals surface area (Å²) >= 11 is 0. The van der Waals surface area contributed by atoms with Crippen LogP contribution in [0.1, 0.15) is 21.5 Å². The number of aromatic nitrogens is 2. The van der Waals surface area contributed by atoms with Gasteiger partial charge in [-0.25, -0.2) is 4.79 Å². The second kappa shape index (κ2) is 9.17. The van der Waals surface area contributed by atoms with Crippen molar-refractivity contribution >= 4 is 28.6 Å². The highest BCUT2D eigenvalue weighted by Crippen LogP contribution is 2.20. The predicted molar refractivity (Wildman–Crippen MR) is 119 cm³/mol. The molecule has 1 aromatic heterocycles. The van der Waals surface area contributed by atoms with E-state index in [9.17, 15) is 9.59 Å². The number of ether oxygens (including phenoxy) is 1. The number of amides is 1. The molecule has 1 amide bonds. The SMILES string of the molecule is Cc1cccc(N(Cc2ccccc2)C(=O)COC(=O)c2ccc3nccnc3c2)c1. The maximum Gasteiger partial charge on any atom is 0.338 e. The molecule has 0 aliphatic carbocycles. The Balaban J connectivity index is 1.50. The monoisotopic (exact) mass is 411 g/mol. The topological polar surface area (TPSA) is 72.4 Å². The van der Waals surface area contributed by atoms with Crippen LogP contribution < -0.4 is 4.90 Å². The van der Waals surface area contributed by atoms with E-state index in [-0.39, 0.29) is 12.5 Å². The predicted octanol–water partition coefficient (Wildman–Crippen LogP) is 4.33. The van der Waals surface area contributed by atoms with Crippen molar-refractivity contribution in [2.75, 3.05) is 11.5 Å². The fourth-order valence-corrected chi connectivity index (χ4v) is 3.26. The van der Waals surface area contributed by atoms with Crippen molar-refractivity contribution in [3.8, 4) is 0 Å². The van der Waals surface area contributed by atoms with E-state index in [4.69, 9.17) is 4.74 Å². The maximum absolute atomic E-state index is 13.0. The van der Waals surface area contributed by atoms with E-state index in [0.29, 0.717) is 23.1 Å². The van der Waals surface area contributed by atoms with Gasteiger partial charge in [-0.15, -0.1) is 0 Å². The third kappa shape index (κ3) is 4.93. The fourth-order valence-electron chi connectivity index (χ4n) is 3.26. The van der Waals surface area contributed by atoms with Gasteiger partial charge >= 0.3 is 5.97 Å². The van der Waals surface area contributed by atoms with Crippen LogP contribution in [0.5, 0.6) is 0 Å². The van der Waals surface area contributed by atoms with Crippen LogP contribution in [0.25, 0.3) is 11.0 Å². The number of rotatable bonds is 6. The zero-order valence-corrected chi connectivity index (χ0v) is 17.1. The van der Waals surface area contributed by atoms with Gasteiger partial charge in [0.2, 0.25) is 0 Å². The summed E-state index contributed by atoms with van der Waals surface area (Å²) in [5, 5.41) is 0. The second-order valence-electron chi connectivity index (χ2n) is 7.14. The highest BCUT2D eigenvalue weighted by atomic mass is 16.5. The van der Waals surface area contributed by atoms with Gasteiger partial charge in [0.05, 0.1) is 23.1 Å². The molecule has 0 bridgehead atoms. The van der Waals surface area contributed by atoms with Crippen LogP contribution in [0.2, 0.25) is 0 Å². The summed E-state index contributed by atoms with van der Waals surface area (Å²) in [5.74, 6) is -0.881. The lowest BCUT2D eigenvalue weighted by atomic mass is 10.1. The summed E-state index contributed by atoms with van der Waals surface area (Å²) in [6, 6.07) is 22.3. The Morgan fingerprint density at radius 2 is 1.65 bits per heavy atom. The van der Waals surface area contributed by atoms with E-state index in [0.717, 1.165) is 16.8 Å². The van der Waals surface area contributed by atoms with Gasteiger partial charge in [-0.2, -0.15) is 0 Å². The number of carbonyl (C=O) groups excluding carboxylic acids is 2. The largest absolute Gasteiger partial charge is 0.452 e. The first-order valence-electron chi connectivity index (χ1n) is 9.89. The first-order valence-corrected chi connectivity index (χ1v) is 9.89. The molecule has 0 spiro atoms. The van der Waals surface area contributed by atoms with E-state index in [1.807, 2.05) is 61.5 Å². The highest BCUT2D eigenvalue weighted by molar-refractivity contribution is 5.98. The van der Waals surface area contributed by atoms with Gasteiger partial charge in [-0.1, -0.05) is 42.5 Å². The number of anilines is 1. The van der Waals surface area contributed by atoms with E-state index in [1.165, 1.54) is 0 Å². The molecule has 0 saturated heterocycles. The zero-order valence-electron chi connectivity index (χ0n) is 17.1. The van der Waals surface area contributed by atoms with Crippen LogP contribution in [-0.4, -0.2) is 28.5 Å². The molecule has 0 aliphatic rings. The lowest BCUT2D eigenvalue weighted by Crippen LogP contribution is -2.34. The van der Waals surface area contributed by atoms with Gasteiger partial charge in [-0.3, -0.25) is 14.8 Å². The summed E-state index contributed by atoms with van der Waals surface area (Å²) in [4.78, 5) is 35.6. The number of nitrogens with zero attached hydrogens (tertiary/aromatic N) is 3. The summed E-state index contributed by atoms with van der Waals surface area (Å²) in [6.07, 6.45) is 3.15.